The molecule has 0 amide bonds. The average Bonchev–Trinajstić information content (AvgIpc) is 2.98. The van der Waals surface area contributed by atoms with Crippen molar-refractivity contribution in [2.45, 2.75) is 51.8 Å². The number of benzene rings is 1. The Balaban J connectivity index is 2.11. The second-order valence-corrected chi connectivity index (χ2v) is 9.69. The highest BCUT2D eigenvalue weighted by Gasteiger charge is 2.28. The van der Waals surface area contributed by atoms with Crippen molar-refractivity contribution >= 4 is 15.8 Å². The van der Waals surface area contributed by atoms with Crippen LogP contribution in [0.15, 0.2) is 23.2 Å². The van der Waals surface area contributed by atoms with Crippen LogP contribution in [-0.4, -0.2) is 33.7 Å². The summed E-state index contributed by atoms with van der Waals surface area (Å²) in [5.41, 5.74) is 1.48. The van der Waals surface area contributed by atoms with Crippen molar-refractivity contribution in [2.75, 3.05) is 19.3 Å². The average molecular weight is 384 g/mol. The van der Waals surface area contributed by atoms with E-state index in [4.69, 9.17) is 0 Å². The molecule has 7 heteroatoms. The Morgan fingerprint density at radius 3 is 2.54 bits per heavy atom. The van der Waals surface area contributed by atoms with Crippen LogP contribution in [0.2, 0.25) is 0 Å². The molecule has 0 heterocycles. The van der Waals surface area contributed by atoms with Gasteiger partial charge in [0.15, 0.2) is 15.8 Å². The van der Waals surface area contributed by atoms with Crippen LogP contribution in [0.25, 0.3) is 0 Å². The third kappa shape index (κ3) is 6.59. The molecule has 1 aromatic rings. The van der Waals surface area contributed by atoms with Crippen LogP contribution in [-0.2, 0) is 22.1 Å². The van der Waals surface area contributed by atoms with Gasteiger partial charge in [-0.15, -0.1) is 0 Å². The van der Waals surface area contributed by atoms with Gasteiger partial charge in [0.2, 0.25) is 0 Å². The lowest BCUT2D eigenvalue weighted by Gasteiger charge is -2.25. The van der Waals surface area contributed by atoms with E-state index in [2.05, 4.69) is 22.5 Å². The highest BCUT2D eigenvalue weighted by Crippen LogP contribution is 2.36. The van der Waals surface area contributed by atoms with Gasteiger partial charge in [0, 0.05) is 19.3 Å². The lowest BCUT2D eigenvalue weighted by molar-refractivity contribution is 0.334. The summed E-state index contributed by atoms with van der Waals surface area (Å²) in [4.78, 5) is 4.54. The number of nitrogens with zero attached hydrogens (tertiary/aromatic N) is 1. The van der Waals surface area contributed by atoms with Crippen molar-refractivity contribution in [2.24, 2.45) is 10.4 Å². The number of halogens is 1. The summed E-state index contributed by atoms with van der Waals surface area (Å²) in [5, 5.41) is 6.59. The maximum Gasteiger partial charge on any atom is 0.191 e. The molecule has 0 atom stereocenters. The number of guanidine groups is 1. The molecule has 0 saturated heterocycles. The first-order valence-electron chi connectivity index (χ1n) is 9.18. The molecule has 146 valence electrons. The van der Waals surface area contributed by atoms with Crippen molar-refractivity contribution in [1.82, 2.24) is 10.6 Å². The predicted molar refractivity (Wildman–Crippen MR) is 104 cm³/mol. The lowest BCUT2D eigenvalue weighted by atomic mass is 9.89. The summed E-state index contributed by atoms with van der Waals surface area (Å²) in [6.45, 7) is 6.08. The molecular weight excluding hydrogens is 353 g/mol. The zero-order valence-corrected chi connectivity index (χ0v) is 16.8. The first kappa shape index (κ1) is 20.7. The van der Waals surface area contributed by atoms with E-state index in [1.165, 1.54) is 50.1 Å². The molecule has 1 aromatic carbocycles. The Labute approximate surface area is 156 Å². The molecule has 1 aliphatic carbocycles. The van der Waals surface area contributed by atoms with Crippen LogP contribution < -0.4 is 10.6 Å². The number of sulfone groups is 1. The van der Waals surface area contributed by atoms with Crippen LogP contribution in [0.3, 0.4) is 0 Å². The Hall–Kier alpha value is -1.63. The monoisotopic (exact) mass is 383 g/mol. The van der Waals surface area contributed by atoms with Gasteiger partial charge in [0.25, 0.3) is 0 Å². The van der Waals surface area contributed by atoms with E-state index < -0.39 is 9.84 Å². The molecule has 1 fully saturated rings. The summed E-state index contributed by atoms with van der Waals surface area (Å²) < 4.78 is 36.8. The van der Waals surface area contributed by atoms with Gasteiger partial charge < -0.3 is 10.6 Å². The predicted octanol–water partition coefficient (Wildman–Crippen LogP) is 3.01. The second kappa shape index (κ2) is 8.84. The quantitative estimate of drug-likeness (QED) is 0.561. The summed E-state index contributed by atoms with van der Waals surface area (Å²) in [5.74, 6) is 0.180. The number of hydrogen-bond donors (Lipinski definition) is 2. The van der Waals surface area contributed by atoms with E-state index in [0.717, 1.165) is 13.1 Å². The minimum Gasteiger partial charge on any atom is -0.357 e. The maximum absolute atomic E-state index is 13.6. The summed E-state index contributed by atoms with van der Waals surface area (Å²) in [6, 6.07) is 4.19. The first-order chi connectivity index (χ1) is 12.2. The van der Waals surface area contributed by atoms with Crippen LogP contribution in [0.4, 0.5) is 4.39 Å². The molecular formula is C19H30FN3O2S. The normalized spacial score (nSPS) is 17.3. The van der Waals surface area contributed by atoms with E-state index in [1.807, 2.05) is 6.92 Å². The van der Waals surface area contributed by atoms with Crippen LogP contribution >= 0.6 is 0 Å². The van der Waals surface area contributed by atoms with Gasteiger partial charge in [-0.2, -0.15) is 0 Å². The summed E-state index contributed by atoms with van der Waals surface area (Å²) in [6.07, 6.45) is 6.13. The summed E-state index contributed by atoms with van der Waals surface area (Å²) in [7, 11) is -3.19. The Kier molecular flexibility index (Phi) is 7.03. The number of hydrogen-bond acceptors (Lipinski definition) is 3. The van der Waals surface area contributed by atoms with E-state index in [-0.39, 0.29) is 23.5 Å². The molecule has 1 saturated carbocycles. The molecule has 5 nitrogen and oxygen atoms in total. The maximum atomic E-state index is 13.6. The third-order valence-corrected chi connectivity index (χ3v) is 5.67. The van der Waals surface area contributed by atoms with Crippen molar-refractivity contribution < 1.29 is 12.8 Å². The zero-order chi connectivity index (χ0) is 19.2. The SMILES string of the molecule is CCNC(=NCc1cc(F)ccc1CS(C)(=O)=O)NCC1(C)CCCC1. The fourth-order valence-corrected chi connectivity index (χ4v) is 4.22. The van der Waals surface area contributed by atoms with Crippen LogP contribution in [0, 0.1) is 11.2 Å². The minimum absolute atomic E-state index is 0.111. The number of rotatable bonds is 7. The molecule has 0 aromatic heterocycles. The standard InChI is InChI=1S/C19H30FN3O2S/c1-4-21-18(23-14-19(2)9-5-6-10-19)22-12-16-11-17(20)8-7-15(16)13-26(3,24)25/h7-8,11H,4-6,9-10,12-14H2,1-3H3,(H2,21,22,23). The van der Waals surface area contributed by atoms with E-state index in [9.17, 15) is 12.8 Å². The first-order valence-corrected chi connectivity index (χ1v) is 11.2. The molecule has 0 unspecified atom stereocenters. The number of nitrogens with one attached hydrogen (secondary N) is 2. The molecule has 26 heavy (non-hydrogen) atoms. The van der Waals surface area contributed by atoms with Gasteiger partial charge in [-0.3, -0.25) is 0 Å². The molecule has 0 spiro atoms. The lowest BCUT2D eigenvalue weighted by Crippen LogP contribution is -2.42. The largest absolute Gasteiger partial charge is 0.357 e. The fourth-order valence-electron chi connectivity index (χ4n) is 3.37. The molecule has 0 radical (unpaired) electrons. The van der Waals surface area contributed by atoms with Crippen LogP contribution in [0.5, 0.6) is 0 Å². The third-order valence-electron chi connectivity index (χ3n) is 4.83. The highest BCUT2D eigenvalue weighted by molar-refractivity contribution is 7.89. The van der Waals surface area contributed by atoms with Gasteiger partial charge in [-0.1, -0.05) is 25.8 Å². The number of aliphatic imine (C=N–C) groups is 1. The molecule has 0 aliphatic heterocycles. The van der Waals surface area contributed by atoms with Gasteiger partial charge in [0.05, 0.1) is 12.3 Å². The van der Waals surface area contributed by atoms with Gasteiger partial charge in [-0.25, -0.2) is 17.8 Å². The van der Waals surface area contributed by atoms with Gasteiger partial charge in [-0.05, 0) is 48.4 Å². The molecule has 1 aliphatic rings. The zero-order valence-electron chi connectivity index (χ0n) is 15.9. The van der Waals surface area contributed by atoms with E-state index in [1.54, 1.807) is 0 Å². The fraction of sp³-hybridized carbons (Fsp3) is 0.632. The Morgan fingerprint density at radius 2 is 1.92 bits per heavy atom. The highest BCUT2D eigenvalue weighted by atomic mass is 32.2. The molecule has 0 bridgehead atoms. The van der Waals surface area contributed by atoms with Crippen molar-refractivity contribution in [3.05, 3.63) is 35.1 Å². The molecule has 2 N–H and O–H groups in total. The summed E-state index contributed by atoms with van der Waals surface area (Å²) >= 11 is 0. The second-order valence-electron chi connectivity index (χ2n) is 7.55. The van der Waals surface area contributed by atoms with Crippen molar-refractivity contribution in [3.8, 4) is 0 Å². The smallest absolute Gasteiger partial charge is 0.191 e. The molecule has 2 rings (SSSR count). The minimum atomic E-state index is -3.19. The Bertz CT molecular complexity index is 741. The van der Waals surface area contributed by atoms with Crippen molar-refractivity contribution in [3.63, 3.8) is 0 Å². The topological polar surface area (TPSA) is 70.6 Å². The van der Waals surface area contributed by atoms with Gasteiger partial charge in [0.1, 0.15) is 5.82 Å². The van der Waals surface area contributed by atoms with E-state index in [0.29, 0.717) is 17.1 Å². The van der Waals surface area contributed by atoms with Gasteiger partial charge >= 0.3 is 0 Å². The Morgan fingerprint density at radius 1 is 1.23 bits per heavy atom. The van der Waals surface area contributed by atoms with E-state index >= 15 is 0 Å². The van der Waals surface area contributed by atoms with Crippen molar-refractivity contribution in [1.29, 1.82) is 0 Å². The van der Waals surface area contributed by atoms with Crippen LogP contribution in [0.1, 0.15) is 50.7 Å².